The number of H-pyrrole nitrogens is 1. The highest BCUT2D eigenvalue weighted by molar-refractivity contribution is 6.20. The topological polar surface area (TPSA) is 89.5 Å². The lowest BCUT2D eigenvalue weighted by Crippen LogP contribution is -2.30. The van der Waals surface area contributed by atoms with E-state index in [0.717, 1.165) is 110 Å². The Hall–Kier alpha value is -8.88. The van der Waals surface area contributed by atoms with Crippen molar-refractivity contribution < 1.29 is 13.4 Å². The van der Waals surface area contributed by atoms with Crippen LogP contribution in [0.15, 0.2) is 203 Å². The van der Waals surface area contributed by atoms with Crippen molar-refractivity contribution in [3.05, 3.63) is 194 Å². The van der Waals surface area contributed by atoms with E-state index < -0.39 is 0 Å². The molecule has 0 fully saturated rings. The van der Waals surface area contributed by atoms with Gasteiger partial charge >= 0.3 is 5.71 Å². The number of nitrogens with zero attached hydrogens (tertiary/aromatic N) is 5. The molecule has 0 aliphatic rings. The number of nitrogens with one attached hydrogen (secondary N) is 1. The smallest absolute Gasteiger partial charge is 0.387 e. The van der Waals surface area contributed by atoms with Gasteiger partial charge in [-0.05, 0) is 42.5 Å². The second-order valence-electron chi connectivity index (χ2n) is 16.3. The summed E-state index contributed by atoms with van der Waals surface area (Å²) in [5.74, 6) is 1.75. The van der Waals surface area contributed by atoms with Crippen molar-refractivity contribution in [1.82, 2.24) is 24.5 Å². The van der Waals surface area contributed by atoms with Crippen LogP contribution in [0.2, 0.25) is 0 Å². The Balaban J connectivity index is 0.950. The number of furan rings is 2. The molecule has 6 heterocycles. The molecule has 0 radical (unpaired) electrons. The number of hydrogen-bond donors (Lipinski definition) is 1. The highest BCUT2D eigenvalue weighted by Crippen LogP contribution is 2.42. The normalized spacial score (nSPS) is 12.1. The van der Waals surface area contributed by atoms with Crippen LogP contribution >= 0.6 is 0 Å². The maximum Gasteiger partial charge on any atom is 0.387 e. The Bertz CT molecular complexity index is 4140. The van der Waals surface area contributed by atoms with Gasteiger partial charge in [-0.15, -0.1) is 4.57 Å². The van der Waals surface area contributed by atoms with Gasteiger partial charge in [-0.3, -0.25) is 0 Å². The molecule has 8 heteroatoms. The number of pyridine rings is 1. The van der Waals surface area contributed by atoms with Crippen LogP contribution in [-0.2, 0) is 0 Å². The van der Waals surface area contributed by atoms with Crippen molar-refractivity contribution in [2.45, 2.75) is 0 Å². The van der Waals surface area contributed by atoms with Gasteiger partial charge in [0.1, 0.15) is 5.58 Å². The van der Waals surface area contributed by atoms with E-state index in [1.807, 2.05) is 66.7 Å². The summed E-state index contributed by atoms with van der Waals surface area (Å²) in [5, 5.41) is 8.72. The van der Waals surface area contributed by atoms with E-state index in [0.29, 0.717) is 17.5 Å². The van der Waals surface area contributed by atoms with Crippen LogP contribution in [-0.4, -0.2) is 24.5 Å². The predicted octanol–water partition coefficient (Wildman–Crippen LogP) is 13.7. The Labute approximate surface area is 363 Å². The molecule has 0 aliphatic heterocycles. The van der Waals surface area contributed by atoms with E-state index in [4.69, 9.17) is 23.8 Å². The second-order valence-corrected chi connectivity index (χ2v) is 16.3. The molecule has 0 amide bonds. The van der Waals surface area contributed by atoms with Crippen LogP contribution in [0.1, 0.15) is 0 Å². The molecule has 14 aromatic rings. The molecule has 8 nitrogen and oxygen atoms in total. The first-order chi connectivity index (χ1) is 31.7. The van der Waals surface area contributed by atoms with Gasteiger partial charge < -0.3 is 18.4 Å². The third kappa shape index (κ3) is 5.05. The molecular formula is C56H33N6O2+. The average Bonchev–Trinajstić information content (AvgIpc) is 4.13. The molecule has 1 N–H and O–H groups in total. The summed E-state index contributed by atoms with van der Waals surface area (Å²) in [7, 11) is 0. The first kappa shape index (κ1) is 34.8. The second kappa shape index (κ2) is 13.3. The molecule has 0 saturated carbocycles. The van der Waals surface area contributed by atoms with E-state index in [1.165, 1.54) is 5.39 Å². The molecule has 0 spiro atoms. The number of para-hydroxylation sites is 4. The van der Waals surface area contributed by atoms with Crippen molar-refractivity contribution in [2.24, 2.45) is 0 Å². The number of fused-ring (bicyclic) bond motifs is 13. The van der Waals surface area contributed by atoms with Crippen molar-refractivity contribution in [3.8, 4) is 45.5 Å². The summed E-state index contributed by atoms with van der Waals surface area (Å²) >= 11 is 0. The summed E-state index contributed by atoms with van der Waals surface area (Å²) < 4.78 is 18.4. The number of aromatic nitrogens is 6. The molecule has 0 aliphatic carbocycles. The van der Waals surface area contributed by atoms with Gasteiger partial charge in [-0.25, -0.2) is 15.0 Å². The number of hydrogen-bond acceptors (Lipinski definition) is 5. The summed E-state index contributed by atoms with van der Waals surface area (Å²) in [6, 6.07) is 64.9. The van der Waals surface area contributed by atoms with Crippen molar-refractivity contribution >= 4 is 87.6 Å². The van der Waals surface area contributed by atoms with Gasteiger partial charge in [0.15, 0.2) is 34.8 Å². The Morgan fingerprint density at radius 3 is 1.86 bits per heavy atom. The summed E-state index contributed by atoms with van der Waals surface area (Å²) in [5.41, 5.74) is 12.0. The fourth-order valence-corrected chi connectivity index (χ4v) is 9.77. The number of aromatic amines is 1. The molecule has 8 aromatic carbocycles. The standard InChI is InChI=1S/C56H33N6O2/c1-3-14-33(15-4-1)53-58-54(34-16-5-2-6-17-34)60-55(59-53)43-22-11-20-39-40-21-12-26-48(51(40)63-50(39)43)62-46-25-10-8-19-37(46)44-32-35(27-30-47(44)62)61-31-13-23-42-41-29-28-38-36-18-7-9-24-45(36)57-49(38)52(41)64-56(42)61/h1-32,57H/q+1. The molecule has 0 saturated heterocycles. The van der Waals surface area contributed by atoms with Crippen LogP contribution in [0.4, 0.5) is 0 Å². The van der Waals surface area contributed by atoms with Gasteiger partial charge in [-0.2, -0.15) is 0 Å². The van der Waals surface area contributed by atoms with Crippen LogP contribution < -0.4 is 4.57 Å². The minimum absolute atomic E-state index is 0.547. The third-order valence-corrected chi connectivity index (χ3v) is 12.7. The number of benzene rings is 8. The van der Waals surface area contributed by atoms with Crippen LogP contribution in [0.3, 0.4) is 0 Å². The van der Waals surface area contributed by atoms with Gasteiger partial charge in [-0.1, -0.05) is 127 Å². The zero-order chi connectivity index (χ0) is 41.9. The first-order valence-electron chi connectivity index (χ1n) is 21.4. The minimum Gasteiger partial charge on any atom is -0.453 e. The molecule has 6 aromatic heterocycles. The number of rotatable bonds is 5. The molecule has 0 unspecified atom stereocenters. The van der Waals surface area contributed by atoms with Crippen LogP contribution in [0.25, 0.3) is 133 Å². The van der Waals surface area contributed by atoms with Gasteiger partial charge in [0.2, 0.25) is 5.69 Å². The lowest BCUT2D eigenvalue weighted by molar-refractivity contribution is -0.574. The van der Waals surface area contributed by atoms with E-state index in [2.05, 4.69) is 142 Å². The van der Waals surface area contributed by atoms with Gasteiger partial charge in [0, 0.05) is 72.5 Å². The lowest BCUT2D eigenvalue weighted by atomic mass is 10.1. The third-order valence-electron chi connectivity index (χ3n) is 12.7. The quantitative estimate of drug-likeness (QED) is 0.175. The van der Waals surface area contributed by atoms with Crippen molar-refractivity contribution in [3.63, 3.8) is 0 Å². The predicted molar refractivity (Wildman–Crippen MR) is 256 cm³/mol. The highest BCUT2D eigenvalue weighted by atomic mass is 16.3. The molecule has 14 rings (SSSR count). The Morgan fingerprint density at radius 1 is 0.422 bits per heavy atom. The molecule has 0 bridgehead atoms. The van der Waals surface area contributed by atoms with Crippen molar-refractivity contribution in [2.75, 3.05) is 0 Å². The molecule has 0 atom stereocenters. The SMILES string of the molecule is c1ccc(-c2nc(-c3ccccc3)nc(-c3cccc4c3oc3c(-n5c6ccccc6c6cc(-[n+]7cccc8c9ccc%10c%11ccccc%11[nH]c%10c9oc87)ccc65)cccc34)n2)cc1. The summed E-state index contributed by atoms with van der Waals surface area (Å²) in [6.07, 6.45) is 2.08. The fourth-order valence-electron chi connectivity index (χ4n) is 9.77. The maximum atomic E-state index is 7.06. The van der Waals surface area contributed by atoms with E-state index in [9.17, 15) is 0 Å². The van der Waals surface area contributed by atoms with E-state index in [1.54, 1.807) is 0 Å². The van der Waals surface area contributed by atoms with Gasteiger partial charge in [0.05, 0.1) is 33.2 Å². The van der Waals surface area contributed by atoms with Crippen LogP contribution in [0, 0.1) is 0 Å². The lowest BCUT2D eigenvalue weighted by Gasteiger charge is -2.09. The van der Waals surface area contributed by atoms with E-state index in [-0.39, 0.29) is 0 Å². The Morgan fingerprint density at radius 2 is 1.05 bits per heavy atom. The van der Waals surface area contributed by atoms with Crippen molar-refractivity contribution in [1.29, 1.82) is 0 Å². The molecule has 64 heavy (non-hydrogen) atoms. The minimum atomic E-state index is 0.547. The monoisotopic (exact) mass is 821 g/mol. The zero-order valence-corrected chi connectivity index (χ0v) is 34.0. The molecule has 298 valence electrons. The molecular weight excluding hydrogens is 789 g/mol. The maximum absolute atomic E-state index is 7.06. The first-order valence-corrected chi connectivity index (χ1v) is 21.4. The van der Waals surface area contributed by atoms with E-state index >= 15 is 0 Å². The Kier molecular flexibility index (Phi) is 7.23. The largest absolute Gasteiger partial charge is 0.453 e. The fraction of sp³-hybridized carbons (Fsp3) is 0. The highest BCUT2D eigenvalue weighted by Gasteiger charge is 2.25. The van der Waals surface area contributed by atoms with Crippen LogP contribution in [0.5, 0.6) is 0 Å². The average molecular weight is 822 g/mol. The zero-order valence-electron chi connectivity index (χ0n) is 34.0. The summed E-state index contributed by atoms with van der Waals surface area (Å²) in [4.78, 5) is 18.7. The summed E-state index contributed by atoms with van der Waals surface area (Å²) in [6.45, 7) is 0. The van der Waals surface area contributed by atoms with Gasteiger partial charge in [0.25, 0.3) is 0 Å².